The van der Waals surface area contributed by atoms with Gasteiger partial charge in [-0.1, -0.05) is 27.7 Å². The van der Waals surface area contributed by atoms with Gasteiger partial charge >= 0.3 is 0 Å². The molecule has 1 rings (SSSR count). The van der Waals surface area contributed by atoms with Crippen LogP contribution in [-0.2, 0) is 5.75 Å². The van der Waals surface area contributed by atoms with Crippen molar-refractivity contribution in [3.63, 3.8) is 0 Å². The van der Waals surface area contributed by atoms with Gasteiger partial charge in [0, 0.05) is 0 Å². The first-order valence-electron chi connectivity index (χ1n) is 5.81. The summed E-state index contributed by atoms with van der Waals surface area (Å²) < 4.78 is 0.996. The highest BCUT2D eigenvalue weighted by molar-refractivity contribution is 14.1. The van der Waals surface area contributed by atoms with Crippen molar-refractivity contribution < 1.29 is 0 Å². The van der Waals surface area contributed by atoms with Crippen LogP contribution < -0.4 is 5.73 Å². The molecule has 0 bridgehead atoms. The van der Waals surface area contributed by atoms with Crippen LogP contribution in [0.4, 0.5) is 5.82 Å². The van der Waals surface area contributed by atoms with E-state index in [0.29, 0.717) is 17.7 Å². The maximum absolute atomic E-state index is 5.92. The fourth-order valence-electron chi connectivity index (χ4n) is 1.37. The van der Waals surface area contributed by atoms with Crippen LogP contribution in [0.2, 0.25) is 0 Å². The Balaban J connectivity index is 2.80. The number of hydrogen-bond acceptors (Lipinski definition) is 4. The van der Waals surface area contributed by atoms with E-state index in [1.54, 1.807) is 0 Å². The number of hydrogen-bond donors (Lipinski definition) is 1. The summed E-state index contributed by atoms with van der Waals surface area (Å²) in [5.41, 5.74) is 6.99. The summed E-state index contributed by atoms with van der Waals surface area (Å²) in [5, 5.41) is 0. The third-order valence-electron chi connectivity index (χ3n) is 2.18. The van der Waals surface area contributed by atoms with Crippen molar-refractivity contribution in [2.75, 3.05) is 11.5 Å². The molecule has 2 N–H and O–H groups in total. The van der Waals surface area contributed by atoms with Crippen molar-refractivity contribution in [3.8, 4) is 0 Å². The number of nitrogens with zero attached hydrogens (tertiary/aromatic N) is 2. The normalized spacial score (nSPS) is 11.5. The third-order valence-corrected chi connectivity index (χ3v) is 4.65. The Labute approximate surface area is 122 Å². The predicted molar refractivity (Wildman–Crippen MR) is 84.3 cm³/mol. The molecule has 0 aliphatic carbocycles. The maximum Gasteiger partial charge on any atom is 0.140 e. The lowest BCUT2D eigenvalue weighted by atomic mass is 10.1. The molecule has 0 fully saturated rings. The minimum Gasteiger partial charge on any atom is -0.383 e. The molecular formula is C12H20IN3S. The van der Waals surface area contributed by atoms with Crippen LogP contribution in [0.25, 0.3) is 0 Å². The minimum atomic E-state index is 0.390. The number of nitrogen functional groups attached to an aromatic ring is 1. The predicted octanol–water partition coefficient (Wildman–Crippen LogP) is 3.68. The minimum absolute atomic E-state index is 0.390. The van der Waals surface area contributed by atoms with E-state index in [1.165, 1.54) is 0 Å². The van der Waals surface area contributed by atoms with Gasteiger partial charge in [0.25, 0.3) is 0 Å². The molecule has 0 saturated carbocycles. The van der Waals surface area contributed by atoms with Gasteiger partial charge in [0.1, 0.15) is 11.6 Å². The fraction of sp³-hybridized carbons (Fsp3) is 0.667. The van der Waals surface area contributed by atoms with Crippen LogP contribution in [0.15, 0.2) is 0 Å². The Kier molecular flexibility index (Phi) is 5.99. The molecule has 0 radical (unpaired) electrons. The monoisotopic (exact) mass is 365 g/mol. The van der Waals surface area contributed by atoms with E-state index in [9.17, 15) is 0 Å². The molecule has 0 aliphatic rings. The van der Waals surface area contributed by atoms with Crippen molar-refractivity contribution in [2.24, 2.45) is 5.92 Å². The summed E-state index contributed by atoms with van der Waals surface area (Å²) in [4.78, 5) is 8.96. The SMILES string of the molecule is CC(C)CSCc1nc(N)c(I)c(C(C)C)n1. The molecule has 0 spiro atoms. The molecule has 0 unspecified atom stereocenters. The van der Waals surface area contributed by atoms with Gasteiger partial charge in [0.15, 0.2) is 0 Å². The van der Waals surface area contributed by atoms with Crippen LogP contribution in [0.5, 0.6) is 0 Å². The summed E-state index contributed by atoms with van der Waals surface area (Å²) in [6, 6.07) is 0. The highest BCUT2D eigenvalue weighted by Gasteiger charge is 2.12. The molecule has 0 amide bonds. The van der Waals surface area contributed by atoms with E-state index in [4.69, 9.17) is 5.73 Å². The van der Waals surface area contributed by atoms with E-state index >= 15 is 0 Å². The van der Waals surface area contributed by atoms with Gasteiger partial charge in [-0.15, -0.1) is 0 Å². The van der Waals surface area contributed by atoms with Gasteiger partial charge in [-0.05, 0) is 40.2 Å². The first kappa shape index (κ1) is 15.0. The van der Waals surface area contributed by atoms with Gasteiger partial charge in [0.05, 0.1) is 15.0 Å². The number of aromatic nitrogens is 2. The summed E-state index contributed by atoms with van der Waals surface area (Å²) >= 11 is 4.09. The van der Waals surface area contributed by atoms with Crippen molar-refractivity contribution in [1.29, 1.82) is 0 Å². The second kappa shape index (κ2) is 6.78. The lowest BCUT2D eigenvalue weighted by Gasteiger charge is -2.11. The quantitative estimate of drug-likeness (QED) is 0.809. The van der Waals surface area contributed by atoms with Crippen molar-refractivity contribution in [2.45, 2.75) is 39.4 Å². The number of nitrogens with two attached hydrogens (primary N) is 1. The standard InChI is InChI=1S/C12H20IN3S/c1-7(2)5-17-6-9-15-11(8(3)4)10(13)12(14)16-9/h7-8H,5-6H2,1-4H3,(H2,14,15,16). The number of halogens is 1. The van der Waals surface area contributed by atoms with Gasteiger partial charge in [-0.25, -0.2) is 9.97 Å². The zero-order valence-corrected chi connectivity index (χ0v) is 13.8. The molecule has 96 valence electrons. The van der Waals surface area contributed by atoms with Gasteiger partial charge in [0.2, 0.25) is 0 Å². The van der Waals surface area contributed by atoms with Gasteiger partial charge in [-0.3, -0.25) is 0 Å². The first-order valence-corrected chi connectivity index (χ1v) is 8.04. The molecular weight excluding hydrogens is 345 g/mol. The Morgan fingerprint density at radius 1 is 1.24 bits per heavy atom. The van der Waals surface area contributed by atoms with Crippen LogP contribution in [0, 0.1) is 9.49 Å². The van der Waals surface area contributed by atoms with Crippen LogP contribution in [-0.4, -0.2) is 15.7 Å². The lowest BCUT2D eigenvalue weighted by Crippen LogP contribution is -2.08. The molecule has 5 heteroatoms. The molecule has 3 nitrogen and oxygen atoms in total. The van der Waals surface area contributed by atoms with Gasteiger partial charge in [-0.2, -0.15) is 11.8 Å². The zero-order valence-electron chi connectivity index (χ0n) is 10.8. The molecule has 0 saturated heterocycles. The van der Waals surface area contributed by atoms with Crippen molar-refractivity contribution in [3.05, 3.63) is 15.1 Å². The van der Waals surface area contributed by atoms with E-state index in [-0.39, 0.29) is 0 Å². The molecule has 0 aromatic carbocycles. The van der Waals surface area contributed by atoms with Gasteiger partial charge < -0.3 is 5.73 Å². The molecule has 1 heterocycles. The average molecular weight is 365 g/mol. The Hall–Kier alpha value is -0.0400. The van der Waals surface area contributed by atoms with E-state index in [0.717, 1.165) is 26.6 Å². The Morgan fingerprint density at radius 3 is 2.41 bits per heavy atom. The molecule has 1 aromatic heterocycles. The Morgan fingerprint density at radius 2 is 1.88 bits per heavy atom. The van der Waals surface area contributed by atoms with Crippen LogP contribution in [0.1, 0.15) is 45.1 Å². The summed E-state index contributed by atoms with van der Waals surface area (Å²) in [6.45, 7) is 8.70. The van der Waals surface area contributed by atoms with E-state index in [2.05, 4.69) is 60.3 Å². The molecule has 0 atom stereocenters. The molecule has 0 aliphatic heterocycles. The average Bonchev–Trinajstić information content (AvgIpc) is 2.22. The summed E-state index contributed by atoms with van der Waals surface area (Å²) in [5.74, 6) is 4.54. The largest absolute Gasteiger partial charge is 0.383 e. The first-order chi connectivity index (χ1) is 7.91. The third kappa shape index (κ3) is 4.62. The fourth-order valence-corrected chi connectivity index (χ4v) is 3.13. The van der Waals surface area contributed by atoms with Crippen LogP contribution in [0.3, 0.4) is 0 Å². The molecule has 1 aromatic rings. The van der Waals surface area contributed by atoms with Crippen molar-refractivity contribution >= 4 is 40.2 Å². The highest BCUT2D eigenvalue weighted by atomic mass is 127. The summed E-state index contributed by atoms with van der Waals surface area (Å²) in [7, 11) is 0. The van der Waals surface area contributed by atoms with Crippen molar-refractivity contribution in [1.82, 2.24) is 9.97 Å². The van der Waals surface area contributed by atoms with E-state index < -0.39 is 0 Å². The summed E-state index contributed by atoms with van der Waals surface area (Å²) in [6.07, 6.45) is 0. The lowest BCUT2D eigenvalue weighted by molar-refractivity contribution is 0.749. The second-order valence-corrected chi connectivity index (χ2v) is 6.90. The maximum atomic E-state index is 5.92. The van der Waals surface area contributed by atoms with E-state index in [1.807, 2.05) is 11.8 Å². The zero-order chi connectivity index (χ0) is 13.0. The topological polar surface area (TPSA) is 51.8 Å². The number of rotatable bonds is 5. The Bertz CT molecular complexity index is 380. The number of thioether (sulfide) groups is 1. The second-order valence-electron chi connectivity index (χ2n) is 4.79. The smallest absolute Gasteiger partial charge is 0.140 e. The van der Waals surface area contributed by atoms with Crippen LogP contribution >= 0.6 is 34.4 Å². The highest BCUT2D eigenvalue weighted by Crippen LogP contribution is 2.24. The molecule has 17 heavy (non-hydrogen) atoms. The number of anilines is 1.